The second kappa shape index (κ2) is 4.30. The molecule has 4 heteroatoms. The first-order valence-electron chi connectivity index (χ1n) is 5.37. The minimum atomic E-state index is -0.313. The summed E-state index contributed by atoms with van der Waals surface area (Å²) in [4.78, 5) is 13.0. The Labute approximate surface area is 89.3 Å². The maximum atomic E-state index is 11.2. The fourth-order valence-corrected chi connectivity index (χ4v) is 2.52. The molecule has 0 aromatic carbocycles. The lowest BCUT2D eigenvalue weighted by Crippen LogP contribution is -2.45. The smallest absolute Gasteiger partial charge is 0.265 e. The normalized spacial score (nSPS) is 23.1. The molecular weight excluding hydrogens is 200 g/mol. The van der Waals surface area contributed by atoms with Crippen LogP contribution in [-0.2, 0) is 0 Å². The van der Waals surface area contributed by atoms with Gasteiger partial charge in [0.15, 0.2) is 0 Å². The van der Waals surface area contributed by atoms with Gasteiger partial charge >= 0.3 is 5.37 Å². The molecule has 1 amide bonds. The van der Waals surface area contributed by atoms with E-state index in [1.54, 1.807) is 4.90 Å². The molecule has 0 aromatic rings. The third-order valence-electron chi connectivity index (χ3n) is 3.03. The van der Waals surface area contributed by atoms with Crippen LogP contribution in [0.5, 0.6) is 0 Å². The van der Waals surface area contributed by atoms with Crippen LogP contribution in [0.3, 0.4) is 0 Å². The summed E-state index contributed by atoms with van der Waals surface area (Å²) in [5, 5.41) is -0.313. The fraction of sp³-hybridized carbons (Fsp3) is 0.800. The molecule has 78 valence electrons. The van der Waals surface area contributed by atoms with E-state index in [4.69, 9.17) is 11.6 Å². The van der Waals surface area contributed by atoms with E-state index in [2.05, 4.69) is 4.58 Å². The quantitative estimate of drug-likeness (QED) is 0.345. The maximum Gasteiger partial charge on any atom is 0.404 e. The first-order valence-corrected chi connectivity index (χ1v) is 5.74. The second-order valence-corrected chi connectivity index (χ2v) is 4.30. The highest BCUT2D eigenvalue weighted by molar-refractivity contribution is 6.64. The predicted octanol–water partition coefficient (Wildman–Crippen LogP) is 2.04. The Morgan fingerprint density at radius 3 is 2.79 bits per heavy atom. The minimum absolute atomic E-state index is 0.313. The first kappa shape index (κ1) is 9.97. The van der Waals surface area contributed by atoms with Crippen molar-refractivity contribution in [1.82, 2.24) is 4.90 Å². The Hall–Kier alpha value is -0.570. The molecule has 0 unspecified atom stereocenters. The predicted molar refractivity (Wildman–Crippen MR) is 56.0 cm³/mol. The largest absolute Gasteiger partial charge is 0.404 e. The van der Waals surface area contributed by atoms with Gasteiger partial charge in [-0.15, -0.1) is 0 Å². The summed E-state index contributed by atoms with van der Waals surface area (Å²) in [6.07, 6.45) is 5.76. The monoisotopic (exact) mass is 215 g/mol. The number of amidine groups is 1. The Morgan fingerprint density at radius 1 is 1.21 bits per heavy atom. The molecule has 14 heavy (non-hydrogen) atoms. The van der Waals surface area contributed by atoms with Gasteiger partial charge in [0.25, 0.3) is 5.84 Å². The van der Waals surface area contributed by atoms with E-state index >= 15 is 0 Å². The Balaban J connectivity index is 2.23. The van der Waals surface area contributed by atoms with Gasteiger partial charge in [-0.05, 0) is 19.3 Å². The summed E-state index contributed by atoms with van der Waals surface area (Å²) in [6.45, 7) is 2.99. The summed E-state index contributed by atoms with van der Waals surface area (Å²) in [5.41, 5.74) is 0. The van der Waals surface area contributed by atoms with Crippen molar-refractivity contribution in [1.29, 1.82) is 0 Å². The number of rotatable bonds is 0. The Bertz CT molecular complexity index is 275. The van der Waals surface area contributed by atoms with Crippen molar-refractivity contribution in [3.05, 3.63) is 0 Å². The van der Waals surface area contributed by atoms with Crippen LogP contribution in [0.4, 0.5) is 4.79 Å². The average molecular weight is 216 g/mol. The molecule has 2 heterocycles. The highest BCUT2D eigenvalue weighted by atomic mass is 35.5. The number of amides is 1. The van der Waals surface area contributed by atoms with E-state index in [1.165, 1.54) is 19.3 Å². The average Bonchev–Trinajstić information content (AvgIpc) is 2.41. The number of hydrogen-bond acceptors (Lipinski definition) is 1. The molecule has 3 nitrogen and oxygen atoms in total. The van der Waals surface area contributed by atoms with Crippen molar-refractivity contribution in [2.45, 2.75) is 32.1 Å². The van der Waals surface area contributed by atoms with Gasteiger partial charge in [-0.25, -0.2) is 4.79 Å². The zero-order valence-electron chi connectivity index (χ0n) is 8.34. The third-order valence-corrected chi connectivity index (χ3v) is 3.23. The first-order chi connectivity index (χ1) is 6.79. The van der Waals surface area contributed by atoms with Crippen LogP contribution in [0, 0.1) is 0 Å². The van der Waals surface area contributed by atoms with Crippen LogP contribution in [0.25, 0.3) is 0 Å². The van der Waals surface area contributed by atoms with Crippen molar-refractivity contribution in [2.24, 2.45) is 0 Å². The highest BCUT2D eigenvalue weighted by Gasteiger charge is 2.32. The van der Waals surface area contributed by atoms with E-state index in [9.17, 15) is 4.79 Å². The van der Waals surface area contributed by atoms with Crippen LogP contribution in [-0.4, -0.2) is 40.3 Å². The molecule has 0 saturated carbocycles. The molecule has 2 aliphatic heterocycles. The number of hydrogen-bond donors (Lipinski definition) is 0. The van der Waals surface area contributed by atoms with Crippen LogP contribution in [0.2, 0.25) is 0 Å². The molecule has 0 spiro atoms. The summed E-state index contributed by atoms with van der Waals surface area (Å²) >= 11 is 5.57. The highest BCUT2D eigenvalue weighted by Crippen LogP contribution is 2.16. The topological polar surface area (TPSA) is 23.3 Å². The standard InChI is InChI=1S/C10H16ClN2O/c11-10(14)13-8-4-7-12-6-3-1-2-5-9(12)13/h1-8H2/q+1. The van der Waals surface area contributed by atoms with Gasteiger partial charge in [-0.3, -0.25) is 4.58 Å². The lowest BCUT2D eigenvalue weighted by molar-refractivity contribution is -0.537. The number of halogens is 1. The summed E-state index contributed by atoms with van der Waals surface area (Å²) in [7, 11) is 0. The van der Waals surface area contributed by atoms with E-state index < -0.39 is 0 Å². The molecule has 0 aromatic heterocycles. The number of carbonyl (C=O) groups excluding carboxylic acids is 1. The lowest BCUT2D eigenvalue weighted by Gasteiger charge is -2.22. The van der Waals surface area contributed by atoms with E-state index in [0.29, 0.717) is 0 Å². The van der Waals surface area contributed by atoms with Crippen molar-refractivity contribution < 1.29 is 9.37 Å². The van der Waals surface area contributed by atoms with Crippen molar-refractivity contribution >= 4 is 22.8 Å². The van der Waals surface area contributed by atoms with Crippen LogP contribution in [0.15, 0.2) is 0 Å². The Morgan fingerprint density at radius 2 is 2.00 bits per heavy atom. The van der Waals surface area contributed by atoms with Crippen molar-refractivity contribution in [3.63, 3.8) is 0 Å². The van der Waals surface area contributed by atoms with Gasteiger partial charge in [0, 0.05) is 24.4 Å². The minimum Gasteiger partial charge on any atom is -0.265 e. The maximum absolute atomic E-state index is 11.2. The Kier molecular flexibility index (Phi) is 3.06. The van der Waals surface area contributed by atoms with Gasteiger partial charge in [0.05, 0.1) is 19.6 Å². The van der Waals surface area contributed by atoms with Crippen molar-refractivity contribution in [3.8, 4) is 0 Å². The summed E-state index contributed by atoms with van der Waals surface area (Å²) < 4.78 is 2.33. The summed E-state index contributed by atoms with van der Waals surface area (Å²) in [6, 6.07) is 0. The van der Waals surface area contributed by atoms with Crippen molar-refractivity contribution in [2.75, 3.05) is 19.6 Å². The third kappa shape index (κ3) is 1.92. The van der Waals surface area contributed by atoms with E-state index in [1.807, 2.05) is 0 Å². The molecule has 2 rings (SSSR count). The van der Waals surface area contributed by atoms with Gasteiger partial charge < -0.3 is 0 Å². The van der Waals surface area contributed by atoms with Crippen LogP contribution >= 0.6 is 11.6 Å². The lowest BCUT2D eigenvalue weighted by atomic mass is 10.2. The number of carbonyl (C=O) groups is 1. The fourth-order valence-electron chi connectivity index (χ4n) is 2.33. The van der Waals surface area contributed by atoms with Crippen LogP contribution < -0.4 is 0 Å². The molecular formula is C10H16ClN2O+. The molecule has 2 aliphatic rings. The summed E-state index contributed by atoms with van der Waals surface area (Å²) in [5.74, 6) is 1.16. The zero-order chi connectivity index (χ0) is 9.97. The van der Waals surface area contributed by atoms with Gasteiger partial charge in [0.1, 0.15) is 0 Å². The molecule has 0 aliphatic carbocycles. The van der Waals surface area contributed by atoms with Gasteiger partial charge in [-0.1, -0.05) is 0 Å². The SMILES string of the molecule is O=C(Cl)N1CCC[N+]2=C1CCCCC2. The van der Waals surface area contributed by atoms with Gasteiger partial charge in [-0.2, -0.15) is 4.90 Å². The van der Waals surface area contributed by atoms with E-state index in [0.717, 1.165) is 38.3 Å². The zero-order valence-corrected chi connectivity index (χ0v) is 9.09. The second-order valence-electron chi connectivity index (χ2n) is 3.97. The number of nitrogens with zero attached hydrogens (tertiary/aromatic N) is 2. The molecule has 0 fully saturated rings. The van der Waals surface area contributed by atoms with Crippen LogP contribution in [0.1, 0.15) is 32.1 Å². The molecule has 0 saturated heterocycles. The molecule has 0 radical (unpaired) electrons. The van der Waals surface area contributed by atoms with E-state index in [-0.39, 0.29) is 5.37 Å². The van der Waals surface area contributed by atoms with Gasteiger partial charge in [0.2, 0.25) is 0 Å². The molecule has 0 atom stereocenters. The molecule has 0 N–H and O–H groups in total. The molecule has 0 bridgehead atoms.